The van der Waals surface area contributed by atoms with Crippen molar-refractivity contribution in [1.29, 1.82) is 0 Å². The van der Waals surface area contributed by atoms with Crippen molar-refractivity contribution in [3.63, 3.8) is 0 Å². The summed E-state index contributed by atoms with van der Waals surface area (Å²) in [7, 11) is 0. The van der Waals surface area contributed by atoms with E-state index in [9.17, 15) is 4.79 Å². The van der Waals surface area contributed by atoms with Crippen molar-refractivity contribution in [2.45, 2.75) is 0 Å². The lowest BCUT2D eigenvalue weighted by Gasteiger charge is -2.14. The van der Waals surface area contributed by atoms with Crippen LogP contribution in [0, 0.1) is 0 Å². The zero-order valence-electron chi connectivity index (χ0n) is 6.00. The molecular weight excluding hydrogens is 200 g/mol. The Morgan fingerprint density at radius 3 is 3.00 bits per heavy atom. The second-order valence-electron chi connectivity index (χ2n) is 2.23. The summed E-state index contributed by atoms with van der Waals surface area (Å²) in [6.45, 7) is 1.00. The van der Waals surface area contributed by atoms with E-state index >= 15 is 0 Å². The molecular formula is C7H5ClO3S. The highest BCUT2D eigenvalue weighted by Crippen LogP contribution is 2.39. The van der Waals surface area contributed by atoms with Gasteiger partial charge in [0.05, 0.1) is 0 Å². The fourth-order valence-corrected chi connectivity index (χ4v) is 1.98. The third-order valence-electron chi connectivity index (χ3n) is 1.48. The van der Waals surface area contributed by atoms with E-state index in [1.165, 1.54) is 11.3 Å². The highest BCUT2D eigenvalue weighted by atomic mass is 35.5. The Morgan fingerprint density at radius 1 is 1.50 bits per heavy atom. The SMILES string of the molecule is O=C(Cl)c1scc2c1OCCO2. The lowest BCUT2D eigenvalue weighted by molar-refractivity contribution is 0.107. The summed E-state index contributed by atoms with van der Waals surface area (Å²) in [6.07, 6.45) is 0. The van der Waals surface area contributed by atoms with Gasteiger partial charge in [0.1, 0.15) is 18.1 Å². The van der Waals surface area contributed by atoms with Crippen molar-refractivity contribution in [2.24, 2.45) is 0 Å². The van der Waals surface area contributed by atoms with E-state index in [-0.39, 0.29) is 0 Å². The number of fused-ring (bicyclic) bond motifs is 1. The van der Waals surface area contributed by atoms with Gasteiger partial charge in [0.2, 0.25) is 0 Å². The van der Waals surface area contributed by atoms with E-state index < -0.39 is 5.24 Å². The van der Waals surface area contributed by atoms with E-state index in [1.54, 1.807) is 5.38 Å². The molecule has 1 aliphatic heterocycles. The maximum absolute atomic E-state index is 10.8. The van der Waals surface area contributed by atoms with Gasteiger partial charge in [-0.3, -0.25) is 4.79 Å². The number of carbonyl (C=O) groups is 1. The van der Waals surface area contributed by atoms with Gasteiger partial charge in [0.25, 0.3) is 5.24 Å². The van der Waals surface area contributed by atoms with Crippen molar-refractivity contribution in [3.8, 4) is 11.5 Å². The summed E-state index contributed by atoms with van der Waals surface area (Å²) in [5.74, 6) is 1.11. The fraction of sp³-hybridized carbons (Fsp3) is 0.286. The second kappa shape index (κ2) is 2.95. The lowest BCUT2D eigenvalue weighted by atomic mass is 10.4. The summed E-state index contributed by atoms with van der Waals surface area (Å²) in [4.78, 5) is 11.2. The first-order chi connectivity index (χ1) is 5.79. The molecule has 2 rings (SSSR count). The van der Waals surface area contributed by atoms with Crippen LogP contribution in [0.3, 0.4) is 0 Å². The summed E-state index contributed by atoms with van der Waals surface area (Å²) in [6, 6.07) is 0. The Labute approximate surface area is 77.9 Å². The van der Waals surface area contributed by atoms with Gasteiger partial charge >= 0.3 is 0 Å². The molecule has 0 unspecified atom stereocenters. The van der Waals surface area contributed by atoms with Gasteiger partial charge in [-0.15, -0.1) is 11.3 Å². The molecule has 0 saturated heterocycles. The Morgan fingerprint density at radius 2 is 2.25 bits per heavy atom. The first-order valence-corrected chi connectivity index (χ1v) is 4.61. The van der Waals surface area contributed by atoms with Gasteiger partial charge < -0.3 is 9.47 Å². The Hall–Kier alpha value is -0.740. The number of carbonyl (C=O) groups excluding carboxylic acids is 1. The number of thiophene rings is 1. The maximum atomic E-state index is 10.8. The molecule has 1 aromatic rings. The molecule has 12 heavy (non-hydrogen) atoms. The zero-order chi connectivity index (χ0) is 8.55. The van der Waals surface area contributed by atoms with Crippen LogP contribution < -0.4 is 9.47 Å². The van der Waals surface area contributed by atoms with Crippen LogP contribution in [0.25, 0.3) is 0 Å². The topological polar surface area (TPSA) is 35.5 Å². The highest BCUT2D eigenvalue weighted by Gasteiger charge is 2.21. The first kappa shape index (κ1) is 7.89. The van der Waals surface area contributed by atoms with E-state index in [4.69, 9.17) is 21.1 Å². The molecule has 0 fully saturated rings. The number of rotatable bonds is 1. The molecule has 0 spiro atoms. The molecule has 0 aliphatic carbocycles. The third-order valence-corrected chi connectivity index (χ3v) is 2.72. The molecule has 0 amide bonds. The molecule has 5 heteroatoms. The van der Waals surface area contributed by atoms with Crippen molar-refractivity contribution in [1.82, 2.24) is 0 Å². The molecule has 0 aromatic carbocycles. The van der Waals surface area contributed by atoms with E-state index in [0.717, 1.165) is 0 Å². The average Bonchev–Trinajstić information content (AvgIpc) is 2.47. The minimum absolute atomic E-state index is 0.423. The predicted molar refractivity (Wildman–Crippen MR) is 45.5 cm³/mol. The Balaban J connectivity index is 2.44. The van der Waals surface area contributed by atoms with Crippen LogP contribution in [0.5, 0.6) is 11.5 Å². The van der Waals surface area contributed by atoms with Crippen LogP contribution in [0.2, 0.25) is 0 Å². The van der Waals surface area contributed by atoms with E-state index in [2.05, 4.69) is 0 Å². The van der Waals surface area contributed by atoms with Crippen LogP contribution >= 0.6 is 22.9 Å². The quantitative estimate of drug-likeness (QED) is 0.656. The van der Waals surface area contributed by atoms with Gasteiger partial charge in [-0.2, -0.15) is 0 Å². The zero-order valence-corrected chi connectivity index (χ0v) is 7.57. The molecule has 0 radical (unpaired) electrons. The van der Waals surface area contributed by atoms with Crippen LogP contribution in [-0.4, -0.2) is 18.5 Å². The van der Waals surface area contributed by atoms with Crippen LogP contribution in [-0.2, 0) is 0 Å². The summed E-state index contributed by atoms with van der Waals surface area (Å²) < 4.78 is 10.5. The first-order valence-electron chi connectivity index (χ1n) is 3.36. The molecule has 2 heterocycles. The summed E-state index contributed by atoms with van der Waals surface area (Å²) in [5, 5.41) is 1.23. The number of ether oxygens (including phenoxy) is 2. The molecule has 3 nitrogen and oxygen atoms in total. The molecule has 64 valence electrons. The largest absolute Gasteiger partial charge is 0.485 e. The minimum Gasteiger partial charge on any atom is -0.485 e. The molecule has 1 aliphatic rings. The molecule has 0 atom stereocenters. The van der Waals surface area contributed by atoms with Crippen molar-refractivity contribution in [2.75, 3.05) is 13.2 Å². The Bertz CT molecular complexity index is 320. The van der Waals surface area contributed by atoms with Crippen molar-refractivity contribution in [3.05, 3.63) is 10.3 Å². The standard InChI is InChI=1S/C7H5ClO3S/c8-7(9)6-5-4(3-12-6)10-1-2-11-5/h3H,1-2H2. The van der Waals surface area contributed by atoms with E-state index in [0.29, 0.717) is 29.6 Å². The molecule has 1 aromatic heterocycles. The molecule has 0 bridgehead atoms. The average molecular weight is 205 g/mol. The summed E-state index contributed by atoms with van der Waals surface area (Å²) in [5.41, 5.74) is 0. The number of hydrogen-bond acceptors (Lipinski definition) is 4. The monoisotopic (exact) mass is 204 g/mol. The normalized spacial score (nSPS) is 14.4. The fourth-order valence-electron chi connectivity index (χ4n) is 0.999. The minimum atomic E-state index is -0.494. The van der Waals surface area contributed by atoms with Gasteiger partial charge in [-0.25, -0.2) is 0 Å². The van der Waals surface area contributed by atoms with Crippen LogP contribution in [0.4, 0.5) is 0 Å². The van der Waals surface area contributed by atoms with Crippen LogP contribution in [0.1, 0.15) is 9.67 Å². The van der Waals surface area contributed by atoms with Crippen LogP contribution in [0.15, 0.2) is 5.38 Å². The van der Waals surface area contributed by atoms with Crippen molar-refractivity contribution < 1.29 is 14.3 Å². The van der Waals surface area contributed by atoms with Gasteiger partial charge in [-0.05, 0) is 11.6 Å². The summed E-state index contributed by atoms with van der Waals surface area (Å²) >= 11 is 6.56. The number of halogens is 1. The smallest absolute Gasteiger partial charge is 0.266 e. The van der Waals surface area contributed by atoms with Gasteiger partial charge in [0.15, 0.2) is 11.5 Å². The Kier molecular flexibility index (Phi) is 1.94. The van der Waals surface area contributed by atoms with E-state index in [1.807, 2.05) is 0 Å². The lowest BCUT2D eigenvalue weighted by Crippen LogP contribution is -2.15. The highest BCUT2D eigenvalue weighted by molar-refractivity contribution is 7.14. The van der Waals surface area contributed by atoms with Crippen molar-refractivity contribution >= 4 is 28.2 Å². The third kappa shape index (κ3) is 1.17. The molecule has 0 N–H and O–H groups in total. The predicted octanol–water partition coefficient (Wildman–Crippen LogP) is 1.90. The maximum Gasteiger partial charge on any atom is 0.266 e. The number of hydrogen-bond donors (Lipinski definition) is 0. The second-order valence-corrected chi connectivity index (χ2v) is 3.45. The van der Waals surface area contributed by atoms with Gasteiger partial charge in [-0.1, -0.05) is 0 Å². The van der Waals surface area contributed by atoms with Gasteiger partial charge in [0, 0.05) is 5.38 Å². The molecule has 0 saturated carbocycles.